The number of hydrogen-bond donors (Lipinski definition) is 2. The second-order valence-corrected chi connectivity index (χ2v) is 8.13. The number of aromatic nitrogens is 1. The number of amides is 2. The maximum Gasteiger partial charge on any atom is 0.315 e. The molecular formula is C16H28N4OS. The highest BCUT2D eigenvalue weighted by molar-refractivity contribution is 7.09. The number of piperidine rings is 1. The Morgan fingerprint density at radius 1 is 1.41 bits per heavy atom. The summed E-state index contributed by atoms with van der Waals surface area (Å²) in [4.78, 5) is 19.1. The first-order chi connectivity index (χ1) is 10.3. The van der Waals surface area contributed by atoms with E-state index in [2.05, 4.69) is 53.7 Å². The lowest BCUT2D eigenvalue weighted by molar-refractivity contribution is 0.212. The van der Waals surface area contributed by atoms with Crippen molar-refractivity contribution >= 4 is 17.4 Å². The predicted octanol–water partition coefficient (Wildman–Crippen LogP) is 2.90. The molecule has 2 N–H and O–H groups in total. The molecule has 0 aromatic carbocycles. The Kier molecular flexibility index (Phi) is 5.45. The zero-order valence-corrected chi connectivity index (χ0v) is 15.1. The van der Waals surface area contributed by atoms with Crippen LogP contribution in [0.15, 0.2) is 5.38 Å². The van der Waals surface area contributed by atoms with Crippen molar-refractivity contribution in [1.29, 1.82) is 0 Å². The van der Waals surface area contributed by atoms with Crippen LogP contribution in [0.4, 0.5) is 4.79 Å². The number of likely N-dealkylation sites (tertiary alicyclic amines) is 1. The van der Waals surface area contributed by atoms with Crippen molar-refractivity contribution in [2.75, 3.05) is 20.1 Å². The molecular weight excluding hydrogens is 296 g/mol. The van der Waals surface area contributed by atoms with Gasteiger partial charge in [-0.1, -0.05) is 20.8 Å². The van der Waals surface area contributed by atoms with Gasteiger partial charge in [-0.05, 0) is 39.9 Å². The SMILES string of the molecule is CC(NC(=O)NC1CCN(C)CC1)c1nc(C(C)(C)C)cs1. The molecule has 1 aromatic rings. The van der Waals surface area contributed by atoms with Gasteiger partial charge in [0, 0.05) is 16.8 Å². The number of thiazole rings is 1. The molecule has 0 bridgehead atoms. The highest BCUT2D eigenvalue weighted by Gasteiger charge is 2.22. The van der Waals surface area contributed by atoms with Crippen molar-refractivity contribution in [3.8, 4) is 0 Å². The van der Waals surface area contributed by atoms with Crippen LogP contribution in [-0.2, 0) is 5.41 Å². The molecule has 2 rings (SSSR count). The highest BCUT2D eigenvalue weighted by atomic mass is 32.1. The molecule has 5 nitrogen and oxygen atoms in total. The fourth-order valence-electron chi connectivity index (χ4n) is 2.47. The first-order valence-corrected chi connectivity index (χ1v) is 8.85. The Morgan fingerprint density at radius 3 is 2.59 bits per heavy atom. The molecule has 1 aliphatic heterocycles. The van der Waals surface area contributed by atoms with E-state index in [0.29, 0.717) is 0 Å². The normalized spacial score (nSPS) is 19.0. The van der Waals surface area contributed by atoms with Gasteiger partial charge in [-0.15, -0.1) is 11.3 Å². The van der Waals surface area contributed by atoms with Crippen molar-refractivity contribution in [1.82, 2.24) is 20.5 Å². The van der Waals surface area contributed by atoms with E-state index in [-0.39, 0.29) is 23.5 Å². The zero-order valence-electron chi connectivity index (χ0n) is 14.3. The van der Waals surface area contributed by atoms with Crippen LogP contribution in [0, 0.1) is 0 Å². The Balaban J connectivity index is 1.84. The van der Waals surface area contributed by atoms with E-state index in [0.717, 1.165) is 36.6 Å². The topological polar surface area (TPSA) is 57.3 Å². The van der Waals surface area contributed by atoms with E-state index in [1.807, 2.05) is 6.92 Å². The lowest BCUT2D eigenvalue weighted by atomic mass is 9.93. The molecule has 0 aliphatic carbocycles. The Hall–Kier alpha value is -1.14. The van der Waals surface area contributed by atoms with Gasteiger partial charge in [-0.3, -0.25) is 0 Å². The van der Waals surface area contributed by atoms with Crippen LogP contribution in [0.1, 0.15) is 57.3 Å². The second kappa shape index (κ2) is 6.96. The second-order valence-electron chi connectivity index (χ2n) is 7.24. The van der Waals surface area contributed by atoms with Gasteiger partial charge < -0.3 is 15.5 Å². The molecule has 6 heteroatoms. The summed E-state index contributed by atoms with van der Waals surface area (Å²) in [7, 11) is 2.12. The van der Waals surface area contributed by atoms with Crippen LogP contribution in [-0.4, -0.2) is 42.1 Å². The maximum atomic E-state index is 12.1. The average molecular weight is 324 g/mol. The molecule has 0 radical (unpaired) electrons. The van der Waals surface area contributed by atoms with Crippen molar-refractivity contribution < 1.29 is 4.79 Å². The number of nitrogens with zero attached hydrogens (tertiary/aromatic N) is 2. The van der Waals surface area contributed by atoms with Gasteiger partial charge in [0.05, 0.1) is 11.7 Å². The van der Waals surface area contributed by atoms with Gasteiger partial charge in [-0.2, -0.15) is 0 Å². The third-order valence-electron chi connectivity index (χ3n) is 4.06. The summed E-state index contributed by atoms with van der Waals surface area (Å²) >= 11 is 1.61. The number of nitrogens with one attached hydrogen (secondary N) is 2. The summed E-state index contributed by atoms with van der Waals surface area (Å²) < 4.78 is 0. The van der Waals surface area contributed by atoms with Crippen LogP contribution in [0.5, 0.6) is 0 Å². The highest BCUT2D eigenvalue weighted by Crippen LogP contribution is 2.26. The Bertz CT molecular complexity index is 500. The van der Waals surface area contributed by atoms with E-state index in [4.69, 9.17) is 0 Å². The molecule has 1 fully saturated rings. The molecule has 0 spiro atoms. The molecule has 1 unspecified atom stereocenters. The largest absolute Gasteiger partial charge is 0.335 e. The molecule has 1 atom stereocenters. The van der Waals surface area contributed by atoms with Crippen molar-refractivity contribution in [2.45, 2.75) is 58.0 Å². The minimum absolute atomic E-state index is 0.0465. The maximum absolute atomic E-state index is 12.1. The molecule has 0 saturated carbocycles. The van der Waals surface area contributed by atoms with Crippen LogP contribution in [0.2, 0.25) is 0 Å². The summed E-state index contributed by atoms with van der Waals surface area (Å²) in [5.74, 6) is 0. The lowest BCUT2D eigenvalue weighted by Gasteiger charge is -2.29. The van der Waals surface area contributed by atoms with E-state index < -0.39 is 0 Å². The van der Waals surface area contributed by atoms with Crippen molar-refractivity contribution in [3.05, 3.63) is 16.1 Å². The van der Waals surface area contributed by atoms with E-state index in [9.17, 15) is 4.79 Å². The third-order valence-corrected chi connectivity index (χ3v) is 5.09. The molecule has 2 amide bonds. The Labute approximate surface area is 137 Å². The van der Waals surface area contributed by atoms with Gasteiger partial charge >= 0.3 is 6.03 Å². The number of urea groups is 1. The van der Waals surface area contributed by atoms with Gasteiger partial charge in [0.15, 0.2) is 0 Å². The monoisotopic (exact) mass is 324 g/mol. The predicted molar refractivity (Wildman–Crippen MR) is 91.4 cm³/mol. The van der Waals surface area contributed by atoms with Gasteiger partial charge in [-0.25, -0.2) is 9.78 Å². The number of rotatable bonds is 3. The summed E-state index contributed by atoms with van der Waals surface area (Å²) in [6.07, 6.45) is 2.04. The van der Waals surface area contributed by atoms with Gasteiger partial charge in [0.2, 0.25) is 0 Å². The molecule has 2 heterocycles. The lowest BCUT2D eigenvalue weighted by Crippen LogP contribution is -2.47. The fraction of sp³-hybridized carbons (Fsp3) is 0.750. The molecule has 1 saturated heterocycles. The number of hydrogen-bond acceptors (Lipinski definition) is 4. The molecule has 1 aliphatic rings. The van der Waals surface area contributed by atoms with Crippen LogP contribution < -0.4 is 10.6 Å². The van der Waals surface area contributed by atoms with Crippen molar-refractivity contribution in [2.24, 2.45) is 0 Å². The minimum Gasteiger partial charge on any atom is -0.335 e. The molecule has 1 aromatic heterocycles. The van der Waals surface area contributed by atoms with Gasteiger partial charge in [0.1, 0.15) is 5.01 Å². The summed E-state index contributed by atoms with van der Waals surface area (Å²) in [5.41, 5.74) is 1.13. The molecule has 22 heavy (non-hydrogen) atoms. The summed E-state index contributed by atoms with van der Waals surface area (Å²) in [5, 5.41) is 9.13. The summed E-state index contributed by atoms with van der Waals surface area (Å²) in [6, 6.07) is 0.131. The van der Waals surface area contributed by atoms with Crippen molar-refractivity contribution in [3.63, 3.8) is 0 Å². The first kappa shape index (κ1) is 17.2. The molecule has 124 valence electrons. The Morgan fingerprint density at radius 2 is 2.05 bits per heavy atom. The average Bonchev–Trinajstić information content (AvgIpc) is 2.91. The quantitative estimate of drug-likeness (QED) is 0.899. The fourth-order valence-corrected chi connectivity index (χ4v) is 3.52. The smallest absolute Gasteiger partial charge is 0.315 e. The number of carbonyl (C=O) groups excluding carboxylic acids is 1. The summed E-state index contributed by atoms with van der Waals surface area (Å²) in [6.45, 7) is 10.5. The first-order valence-electron chi connectivity index (χ1n) is 7.97. The van der Waals surface area contributed by atoms with Gasteiger partial charge in [0.25, 0.3) is 0 Å². The third kappa shape index (κ3) is 4.68. The van der Waals surface area contributed by atoms with Crippen LogP contribution in [0.3, 0.4) is 0 Å². The van der Waals surface area contributed by atoms with Crippen LogP contribution in [0.25, 0.3) is 0 Å². The standard InChI is InChI=1S/C16H28N4OS/c1-11(14-19-13(10-22-14)16(2,3)4)17-15(21)18-12-6-8-20(5)9-7-12/h10-12H,6-9H2,1-5H3,(H2,17,18,21). The zero-order chi connectivity index (χ0) is 16.3. The van der Waals surface area contributed by atoms with E-state index in [1.165, 1.54) is 0 Å². The minimum atomic E-state index is -0.0884. The van der Waals surface area contributed by atoms with Crippen LogP contribution >= 0.6 is 11.3 Å². The van der Waals surface area contributed by atoms with E-state index in [1.54, 1.807) is 11.3 Å². The van der Waals surface area contributed by atoms with E-state index >= 15 is 0 Å². The number of carbonyl (C=O) groups is 1.